The van der Waals surface area contributed by atoms with E-state index in [9.17, 15) is 9.59 Å². The molecule has 8 aromatic carbocycles. The molecule has 0 unspecified atom stereocenters. The average molecular weight is 840 g/mol. The van der Waals surface area contributed by atoms with Gasteiger partial charge in [0.2, 0.25) is 0 Å². The van der Waals surface area contributed by atoms with Crippen LogP contribution in [0.1, 0.15) is 20.7 Å². The summed E-state index contributed by atoms with van der Waals surface area (Å²) in [7, 11) is 5.83. The molecule has 56 heavy (non-hydrogen) atoms. The number of aldehydes is 2. The van der Waals surface area contributed by atoms with E-state index < -0.39 is 0 Å². The smallest absolute Gasteiger partial charge is 0.151 e. The lowest BCUT2D eigenvalue weighted by Crippen LogP contribution is -2.00. The third-order valence-electron chi connectivity index (χ3n) is 9.34. The third-order valence-corrected chi connectivity index (χ3v) is 10.9. The number of hydrogen-bond acceptors (Lipinski definition) is 4. The highest BCUT2D eigenvalue weighted by atomic mass is 79.9. The molecule has 10 rings (SSSR count). The molecule has 10 heteroatoms. The van der Waals surface area contributed by atoms with Gasteiger partial charge in [-0.25, -0.2) is 0 Å². The zero-order valence-electron chi connectivity index (χ0n) is 29.4. The van der Waals surface area contributed by atoms with Crippen molar-refractivity contribution in [2.45, 2.75) is 0 Å². The average Bonchev–Trinajstić information content (AvgIpc) is 3.80. The van der Waals surface area contributed by atoms with Crippen LogP contribution in [0.25, 0.3) is 76.5 Å². The van der Waals surface area contributed by atoms with Gasteiger partial charge in [-0.1, -0.05) is 150 Å². The molecule has 274 valence electrons. The van der Waals surface area contributed by atoms with Crippen LogP contribution in [0, 0.1) is 0 Å². The molecule has 0 amide bonds. The largest absolute Gasteiger partial charge is 0.457 e. The fourth-order valence-corrected chi connectivity index (χ4v) is 7.98. The van der Waals surface area contributed by atoms with Gasteiger partial charge in [-0.3, -0.25) is 9.59 Å². The van der Waals surface area contributed by atoms with Crippen molar-refractivity contribution < 1.29 is 29.4 Å². The molecule has 0 spiro atoms. The zero-order chi connectivity index (χ0) is 37.3. The molecule has 0 fully saturated rings. The van der Waals surface area contributed by atoms with Crippen molar-refractivity contribution in [1.29, 1.82) is 0 Å². The lowest BCUT2D eigenvalue weighted by atomic mass is 9.92. The number of rotatable bonds is 3. The molecule has 2 aromatic heterocycles. The lowest BCUT2D eigenvalue weighted by molar-refractivity contribution is 0.111. The molecule has 0 aliphatic heterocycles. The molecule has 0 saturated carbocycles. The van der Waals surface area contributed by atoms with E-state index in [2.05, 4.69) is 15.9 Å². The van der Waals surface area contributed by atoms with Gasteiger partial charge in [-0.15, -0.1) is 0 Å². The van der Waals surface area contributed by atoms with Crippen LogP contribution in [0.4, 0.5) is 0 Å². The van der Waals surface area contributed by atoms with Crippen LogP contribution in [0.5, 0.6) is 0 Å². The summed E-state index contributed by atoms with van der Waals surface area (Å²) >= 11 is 15.8. The Morgan fingerprint density at radius 1 is 0.482 bits per heavy atom. The molecular weight excluding hydrogens is 810 g/mol. The van der Waals surface area contributed by atoms with Crippen molar-refractivity contribution in [1.82, 2.24) is 0 Å². The number of para-hydroxylation sites is 4. The molecular formula is C46H30BBrCl2O6. The minimum atomic E-state index is 0. The molecule has 2 radical (unpaired) electrons. The fourth-order valence-electron chi connectivity index (χ4n) is 6.86. The summed E-state index contributed by atoms with van der Waals surface area (Å²) in [6, 6.07) is 46.7. The predicted molar refractivity (Wildman–Crippen MR) is 235 cm³/mol. The Labute approximate surface area is 340 Å². The van der Waals surface area contributed by atoms with Gasteiger partial charge >= 0.3 is 0 Å². The molecule has 0 bridgehead atoms. The maximum absolute atomic E-state index is 11.8. The van der Waals surface area contributed by atoms with Gasteiger partial charge in [0.15, 0.2) is 12.6 Å². The van der Waals surface area contributed by atoms with E-state index in [4.69, 9.17) is 39.9 Å². The van der Waals surface area contributed by atoms with Gasteiger partial charge in [0.05, 0.1) is 0 Å². The lowest BCUT2D eigenvalue weighted by Gasteiger charge is -2.12. The van der Waals surface area contributed by atoms with Gasteiger partial charge in [-0.2, -0.15) is 0 Å². The quantitative estimate of drug-likeness (QED) is 0.130. The Morgan fingerprint density at radius 3 is 1.50 bits per heavy atom. The number of hydrogen-bond donors (Lipinski definition) is 0. The summed E-state index contributed by atoms with van der Waals surface area (Å²) in [6.45, 7) is 0. The first-order valence-electron chi connectivity index (χ1n) is 16.9. The highest BCUT2D eigenvalue weighted by Crippen LogP contribution is 2.41. The summed E-state index contributed by atoms with van der Waals surface area (Å²) < 4.78 is 12.6. The number of carbonyl (C=O) groups excluding carboxylic acids is 2. The number of furan rings is 2. The predicted octanol–water partition coefficient (Wildman–Crippen LogP) is 11.7. The first-order chi connectivity index (χ1) is 26.4. The number of fused-ring (bicyclic) bond motifs is 8. The summed E-state index contributed by atoms with van der Waals surface area (Å²) in [5, 5.41) is 9.25. The van der Waals surface area contributed by atoms with E-state index in [1.54, 1.807) is 12.1 Å². The standard InChI is InChI=1S/C23H13ClO2.C12H7BO.C11H6BrClO.2H2O/c24-20-12-14(13-25)22(17-8-2-1-6-15(17)20)19-10-5-9-18-16-7-3-4-11-21(16)26-23(18)19;13-10-6-3-5-9-8-4-1-2-7-11(8)14-12(9)10;12-11-7(6-14)5-10(13)8-3-1-2-4-9(8)11;;/h1-13H;1-7H;1-6H;2*1H2. The number of benzene rings is 8. The number of carbonyl (C=O) groups is 2. The molecule has 0 aliphatic carbocycles. The van der Waals surface area contributed by atoms with E-state index in [0.717, 1.165) is 93.6 Å². The molecule has 0 aliphatic rings. The summed E-state index contributed by atoms with van der Waals surface area (Å²) in [6.07, 6.45) is 1.65. The van der Waals surface area contributed by atoms with Gasteiger partial charge in [0, 0.05) is 69.1 Å². The Hall–Kier alpha value is -5.74. The minimum Gasteiger partial charge on any atom is -0.457 e. The molecule has 10 aromatic rings. The molecule has 2 heterocycles. The summed E-state index contributed by atoms with van der Waals surface area (Å²) in [4.78, 5) is 22.6. The monoisotopic (exact) mass is 838 g/mol. The SMILES string of the molecule is O.O.O=Cc1cc(Cl)c2ccccc2c1-c1cccc2c1oc1ccccc12.O=Cc1cc(Cl)c2ccccc2c1Br.[B]c1cccc2c1oc1ccccc12. The van der Waals surface area contributed by atoms with Crippen molar-refractivity contribution in [2.75, 3.05) is 0 Å². The van der Waals surface area contributed by atoms with Crippen molar-refractivity contribution in [3.8, 4) is 11.1 Å². The zero-order valence-corrected chi connectivity index (χ0v) is 32.5. The van der Waals surface area contributed by atoms with E-state index in [1.165, 1.54) is 0 Å². The summed E-state index contributed by atoms with van der Waals surface area (Å²) in [5.74, 6) is 0. The van der Waals surface area contributed by atoms with Gasteiger partial charge in [-0.05, 0) is 51.0 Å². The third kappa shape index (κ3) is 7.21. The molecule has 0 atom stereocenters. The van der Waals surface area contributed by atoms with Crippen LogP contribution in [0.2, 0.25) is 10.0 Å². The Kier molecular flexibility index (Phi) is 12.1. The van der Waals surface area contributed by atoms with Gasteiger partial charge < -0.3 is 19.8 Å². The van der Waals surface area contributed by atoms with Crippen LogP contribution in [-0.4, -0.2) is 31.4 Å². The first kappa shape index (κ1) is 39.9. The van der Waals surface area contributed by atoms with Gasteiger partial charge in [0.25, 0.3) is 0 Å². The van der Waals surface area contributed by atoms with Crippen LogP contribution in [-0.2, 0) is 0 Å². The van der Waals surface area contributed by atoms with Crippen LogP contribution >= 0.6 is 39.1 Å². The Bertz CT molecular complexity index is 3060. The van der Waals surface area contributed by atoms with Crippen molar-refractivity contribution in [2.24, 2.45) is 0 Å². The fraction of sp³-hybridized carbons (Fsp3) is 0. The van der Waals surface area contributed by atoms with Crippen LogP contribution in [0.3, 0.4) is 0 Å². The van der Waals surface area contributed by atoms with E-state index in [1.807, 2.05) is 133 Å². The Morgan fingerprint density at radius 2 is 0.911 bits per heavy atom. The van der Waals surface area contributed by atoms with Crippen molar-refractivity contribution in [3.63, 3.8) is 0 Å². The highest BCUT2D eigenvalue weighted by Gasteiger charge is 2.18. The van der Waals surface area contributed by atoms with E-state index in [-0.39, 0.29) is 11.0 Å². The van der Waals surface area contributed by atoms with Crippen molar-refractivity contribution >= 4 is 130 Å². The molecule has 0 saturated heterocycles. The van der Waals surface area contributed by atoms with Gasteiger partial charge in [0.1, 0.15) is 30.2 Å². The minimum absolute atomic E-state index is 0. The molecule has 6 nitrogen and oxygen atoms in total. The second kappa shape index (κ2) is 17.0. The summed E-state index contributed by atoms with van der Waals surface area (Å²) in [5.41, 5.74) is 6.87. The topological polar surface area (TPSA) is 123 Å². The molecule has 4 N–H and O–H groups in total. The van der Waals surface area contributed by atoms with E-state index in [0.29, 0.717) is 26.6 Å². The second-order valence-corrected chi connectivity index (χ2v) is 14.1. The number of halogens is 3. The van der Waals surface area contributed by atoms with Crippen LogP contribution in [0.15, 0.2) is 159 Å². The van der Waals surface area contributed by atoms with Crippen LogP contribution < -0.4 is 5.46 Å². The maximum Gasteiger partial charge on any atom is 0.151 e. The normalized spacial score (nSPS) is 10.7. The van der Waals surface area contributed by atoms with E-state index >= 15 is 0 Å². The first-order valence-corrected chi connectivity index (χ1v) is 18.5. The maximum atomic E-state index is 11.8. The second-order valence-electron chi connectivity index (χ2n) is 12.5. The van der Waals surface area contributed by atoms with Crippen molar-refractivity contribution in [3.05, 3.63) is 171 Å². The highest BCUT2D eigenvalue weighted by molar-refractivity contribution is 9.10. The Balaban J connectivity index is 0.000000151.